The quantitative estimate of drug-likeness (QED) is 0.566. The molecule has 5 nitrogen and oxygen atoms in total. The van der Waals surface area contributed by atoms with Crippen molar-refractivity contribution >= 4 is 28.6 Å². The van der Waals surface area contributed by atoms with Gasteiger partial charge in [0.15, 0.2) is 22.4 Å². The number of hydrogen-bond acceptors (Lipinski definition) is 5. The molecule has 3 aromatic rings. The molecule has 0 unspecified atom stereocenters. The largest absolute Gasteiger partial charge is 0.490 e. The summed E-state index contributed by atoms with van der Waals surface area (Å²) in [6, 6.07) is 11.4. The third-order valence-corrected chi connectivity index (χ3v) is 4.90. The van der Waals surface area contributed by atoms with E-state index in [0.717, 1.165) is 22.6 Å². The second kappa shape index (κ2) is 6.80. The molecule has 0 atom stereocenters. The number of Topliss-reactive ketones (excluding diaryl/α,β-unsaturated/α-hetero) is 1. The summed E-state index contributed by atoms with van der Waals surface area (Å²) in [5.41, 5.74) is 3.71. The normalized spacial score (nSPS) is 13.6. The zero-order chi connectivity index (χ0) is 17.2. The second-order valence-electron chi connectivity index (χ2n) is 5.99. The van der Waals surface area contributed by atoms with Crippen molar-refractivity contribution in [3.05, 3.63) is 47.5 Å². The van der Waals surface area contributed by atoms with Gasteiger partial charge in [-0.1, -0.05) is 17.8 Å². The maximum atomic E-state index is 12.5. The van der Waals surface area contributed by atoms with Crippen LogP contribution in [0.25, 0.3) is 11.0 Å². The third-order valence-electron chi connectivity index (χ3n) is 4.03. The SMILES string of the molecule is Cc1ccc2nc(SCC(=O)c3ccc4c(c3)OCCCO4)[nH]c2c1. The van der Waals surface area contributed by atoms with E-state index in [0.29, 0.717) is 36.0 Å². The zero-order valence-corrected chi connectivity index (χ0v) is 14.7. The fourth-order valence-corrected chi connectivity index (χ4v) is 3.50. The third kappa shape index (κ3) is 3.49. The first-order valence-electron chi connectivity index (χ1n) is 8.21. The Hall–Kier alpha value is -2.47. The number of fused-ring (bicyclic) bond motifs is 2. The van der Waals surface area contributed by atoms with Gasteiger partial charge in [-0.3, -0.25) is 4.79 Å². The Morgan fingerprint density at radius 1 is 1.16 bits per heavy atom. The Balaban J connectivity index is 1.47. The molecule has 6 heteroatoms. The van der Waals surface area contributed by atoms with Gasteiger partial charge in [0, 0.05) is 12.0 Å². The van der Waals surface area contributed by atoms with Crippen LogP contribution < -0.4 is 9.47 Å². The molecule has 0 radical (unpaired) electrons. The van der Waals surface area contributed by atoms with E-state index in [4.69, 9.17) is 9.47 Å². The van der Waals surface area contributed by atoms with E-state index in [1.54, 1.807) is 12.1 Å². The minimum Gasteiger partial charge on any atom is -0.490 e. The number of nitrogens with one attached hydrogen (secondary N) is 1. The fraction of sp³-hybridized carbons (Fsp3) is 0.263. The zero-order valence-electron chi connectivity index (χ0n) is 13.9. The molecule has 1 N–H and O–H groups in total. The molecule has 0 bridgehead atoms. The number of nitrogens with zero attached hydrogens (tertiary/aromatic N) is 1. The van der Waals surface area contributed by atoms with Gasteiger partial charge in [-0.15, -0.1) is 0 Å². The number of carbonyl (C=O) groups excluding carboxylic acids is 1. The summed E-state index contributed by atoms with van der Waals surface area (Å²) in [4.78, 5) is 20.3. The van der Waals surface area contributed by atoms with E-state index >= 15 is 0 Å². The van der Waals surface area contributed by atoms with Crippen molar-refractivity contribution in [2.45, 2.75) is 18.5 Å². The molecular weight excluding hydrogens is 336 g/mol. The van der Waals surface area contributed by atoms with Crippen LogP contribution in [-0.2, 0) is 0 Å². The Labute approximate surface area is 149 Å². The Kier molecular flexibility index (Phi) is 4.36. The number of hydrogen-bond donors (Lipinski definition) is 1. The highest BCUT2D eigenvalue weighted by Gasteiger charge is 2.15. The van der Waals surface area contributed by atoms with Crippen LogP contribution >= 0.6 is 11.8 Å². The summed E-state index contributed by atoms with van der Waals surface area (Å²) in [6.07, 6.45) is 0.847. The minimum atomic E-state index is 0.0392. The minimum absolute atomic E-state index is 0.0392. The van der Waals surface area contributed by atoms with Crippen LogP contribution in [0.1, 0.15) is 22.3 Å². The topological polar surface area (TPSA) is 64.2 Å². The number of carbonyl (C=O) groups is 1. The number of rotatable bonds is 4. The summed E-state index contributed by atoms with van der Waals surface area (Å²) in [5.74, 6) is 1.71. The first-order chi connectivity index (χ1) is 12.2. The highest BCUT2D eigenvalue weighted by molar-refractivity contribution is 7.99. The summed E-state index contributed by atoms with van der Waals surface area (Å²) in [5, 5.41) is 0.753. The molecule has 25 heavy (non-hydrogen) atoms. The van der Waals surface area contributed by atoms with Gasteiger partial charge in [-0.05, 0) is 42.8 Å². The van der Waals surface area contributed by atoms with Crippen LogP contribution in [0.3, 0.4) is 0 Å². The van der Waals surface area contributed by atoms with Gasteiger partial charge in [0.1, 0.15) is 0 Å². The maximum absolute atomic E-state index is 12.5. The number of ether oxygens (including phenoxy) is 2. The van der Waals surface area contributed by atoms with E-state index in [1.165, 1.54) is 17.3 Å². The standard InChI is InChI=1S/C19H18N2O3S/c1-12-3-5-14-15(9-12)21-19(20-14)25-11-16(22)13-4-6-17-18(10-13)24-8-2-7-23-17/h3-6,9-10H,2,7-8,11H2,1H3,(H,20,21). The van der Waals surface area contributed by atoms with Gasteiger partial charge in [0.2, 0.25) is 0 Å². The number of benzene rings is 2. The molecule has 1 aromatic heterocycles. The van der Waals surface area contributed by atoms with Gasteiger partial charge in [0.25, 0.3) is 0 Å². The number of thioether (sulfide) groups is 1. The Morgan fingerprint density at radius 3 is 2.88 bits per heavy atom. The summed E-state index contributed by atoms with van der Waals surface area (Å²) in [6.45, 7) is 3.29. The van der Waals surface area contributed by atoms with Gasteiger partial charge in [-0.25, -0.2) is 4.98 Å². The molecule has 1 aliphatic rings. The number of ketones is 1. The van der Waals surface area contributed by atoms with Crippen molar-refractivity contribution in [2.24, 2.45) is 0 Å². The first kappa shape index (κ1) is 16.0. The van der Waals surface area contributed by atoms with E-state index in [-0.39, 0.29) is 5.78 Å². The molecule has 1 aliphatic heterocycles. The van der Waals surface area contributed by atoms with Crippen molar-refractivity contribution in [1.82, 2.24) is 9.97 Å². The summed E-state index contributed by atoms with van der Waals surface area (Å²) >= 11 is 1.41. The van der Waals surface area contributed by atoms with Crippen LogP contribution in [-0.4, -0.2) is 34.7 Å². The van der Waals surface area contributed by atoms with Crippen LogP contribution in [0.5, 0.6) is 11.5 Å². The Bertz CT molecular complexity index is 936. The molecule has 2 heterocycles. The lowest BCUT2D eigenvalue weighted by Crippen LogP contribution is -2.03. The maximum Gasteiger partial charge on any atom is 0.173 e. The van der Waals surface area contributed by atoms with Crippen molar-refractivity contribution in [1.29, 1.82) is 0 Å². The predicted molar refractivity (Wildman–Crippen MR) is 97.9 cm³/mol. The molecule has 0 aliphatic carbocycles. The van der Waals surface area contributed by atoms with E-state index in [2.05, 4.69) is 16.0 Å². The lowest BCUT2D eigenvalue weighted by Gasteiger charge is -2.08. The van der Waals surface area contributed by atoms with Crippen molar-refractivity contribution in [3.8, 4) is 11.5 Å². The molecule has 2 aromatic carbocycles. The van der Waals surface area contributed by atoms with Crippen LogP contribution in [0.2, 0.25) is 0 Å². The summed E-state index contributed by atoms with van der Waals surface area (Å²) in [7, 11) is 0. The van der Waals surface area contributed by atoms with Gasteiger partial charge in [0.05, 0.1) is 30.0 Å². The van der Waals surface area contributed by atoms with E-state index in [9.17, 15) is 4.79 Å². The smallest absolute Gasteiger partial charge is 0.173 e. The predicted octanol–water partition coefficient (Wildman–Crippen LogP) is 4.01. The number of aryl methyl sites for hydroxylation is 1. The van der Waals surface area contributed by atoms with Crippen LogP contribution in [0.15, 0.2) is 41.6 Å². The molecule has 0 saturated carbocycles. The molecule has 0 saturated heterocycles. The number of aromatic amines is 1. The van der Waals surface area contributed by atoms with Gasteiger partial charge >= 0.3 is 0 Å². The van der Waals surface area contributed by atoms with Crippen LogP contribution in [0, 0.1) is 6.92 Å². The van der Waals surface area contributed by atoms with Crippen molar-refractivity contribution < 1.29 is 14.3 Å². The van der Waals surface area contributed by atoms with Crippen molar-refractivity contribution in [3.63, 3.8) is 0 Å². The molecule has 0 amide bonds. The lowest BCUT2D eigenvalue weighted by atomic mass is 10.1. The molecule has 4 rings (SSSR count). The van der Waals surface area contributed by atoms with Crippen molar-refractivity contribution in [2.75, 3.05) is 19.0 Å². The second-order valence-corrected chi connectivity index (χ2v) is 6.95. The van der Waals surface area contributed by atoms with E-state index in [1.807, 2.05) is 25.1 Å². The number of aromatic nitrogens is 2. The number of H-pyrrole nitrogens is 1. The molecule has 0 fully saturated rings. The van der Waals surface area contributed by atoms with Gasteiger partial charge < -0.3 is 14.5 Å². The lowest BCUT2D eigenvalue weighted by molar-refractivity contribution is 0.102. The monoisotopic (exact) mass is 354 g/mol. The molecule has 0 spiro atoms. The van der Waals surface area contributed by atoms with E-state index < -0.39 is 0 Å². The average Bonchev–Trinajstić information content (AvgIpc) is 2.86. The highest BCUT2D eigenvalue weighted by Crippen LogP contribution is 2.31. The van der Waals surface area contributed by atoms with Gasteiger partial charge in [-0.2, -0.15) is 0 Å². The first-order valence-corrected chi connectivity index (χ1v) is 9.19. The molecular formula is C19H18N2O3S. The number of imidazole rings is 1. The Morgan fingerprint density at radius 2 is 2.00 bits per heavy atom. The fourth-order valence-electron chi connectivity index (χ4n) is 2.72. The van der Waals surface area contributed by atoms with Crippen LogP contribution in [0.4, 0.5) is 0 Å². The molecule has 128 valence electrons. The summed E-state index contributed by atoms with van der Waals surface area (Å²) < 4.78 is 11.2. The average molecular weight is 354 g/mol. The highest BCUT2D eigenvalue weighted by atomic mass is 32.2.